The number of unbranched alkanes of at least 4 members (excludes halogenated alkanes) is 1. The molecule has 1 fully saturated rings. The zero-order valence-electron chi connectivity index (χ0n) is 17.1. The highest BCUT2D eigenvalue weighted by Crippen LogP contribution is 2.16. The van der Waals surface area contributed by atoms with Crippen LogP contribution >= 0.6 is 0 Å². The number of carbonyl (C=O) groups is 1. The van der Waals surface area contributed by atoms with Gasteiger partial charge in [0.1, 0.15) is 12.4 Å². The molecule has 0 spiro atoms. The average molecular weight is 397 g/mol. The predicted molar refractivity (Wildman–Crippen MR) is 114 cm³/mol. The molecule has 156 valence electrons. The Morgan fingerprint density at radius 3 is 2.03 bits per heavy atom. The minimum absolute atomic E-state index is 0.203. The molecule has 1 amide bonds. The number of nitrogens with zero attached hydrogens (tertiary/aromatic N) is 1. The summed E-state index contributed by atoms with van der Waals surface area (Å²) in [4.78, 5) is 13.6. The number of hydroxylamine groups is 1. The molecule has 0 unspecified atom stereocenters. The highest BCUT2D eigenvalue weighted by Gasteiger charge is 2.10. The second-order valence-electron chi connectivity index (χ2n) is 7.78. The molecule has 0 aromatic heterocycles. The highest BCUT2D eigenvalue weighted by molar-refractivity contribution is 5.77. The zero-order valence-corrected chi connectivity index (χ0v) is 17.1. The summed E-state index contributed by atoms with van der Waals surface area (Å²) < 4.78 is 5.87. The standard InChI is InChI=1S/C24H32N2O3/c27-24(25-28)19-22-9-7-20(8-10-22)5-1-2-6-21-11-13-23(14-12-21)29-18-17-26-15-3-4-16-26/h7-14,28H,1-6,15-19H2,(H,25,27). The molecule has 5 heteroatoms. The van der Waals surface area contributed by atoms with Crippen molar-refractivity contribution in [2.75, 3.05) is 26.2 Å². The molecule has 2 aromatic carbocycles. The van der Waals surface area contributed by atoms with Crippen molar-refractivity contribution in [3.63, 3.8) is 0 Å². The summed E-state index contributed by atoms with van der Waals surface area (Å²) in [6.07, 6.45) is 7.23. The second kappa shape index (κ2) is 11.6. The Hall–Kier alpha value is -2.37. The van der Waals surface area contributed by atoms with Crippen molar-refractivity contribution in [3.05, 3.63) is 65.2 Å². The van der Waals surface area contributed by atoms with E-state index < -0.39 is 0 Å². The van der Waals surface area contributed by atoms with Gasteiger partial charge in [-0.05, 0) is 80.4 Å². The Morgan fingerprint density at radius 2 is 1.45 bits per heavy atom. The van der Waals surface area contributed by atoms with Gasteiger partial charge in [0.15, 0.2) is 0 Å². The number of benzene rings is 2. The first kappa shape index (κ1) is 21.3. The van der Waals surface area contributed by atoms with Crippen molar-refractivity contribution in [2.45, 2.75) is 44.9 Å². The molecule has 1 aliphatic heterocycles. The van der Waals surface area contributed by atoms with Gasteiger partial charge in [-0.3, -0.25) is 14.9 Å². The minimum atomic E-state index is -0.388. The van der Waals surface area contributed by atoms with E-state index >= 15 is 0 Å². The van der Waals surface area contributed by atoms with Gasteiger partial charge >= 0.3 is 0 Å². The van der Waals surface area contributed by atoms with E-state index in [-0.39, 0.29) is 12.3 Å². The van der Waals surface area contributed by atoms with Gasteiger partial charge in [0.2, 0.25) is 5.91 Å². The van der Waals surface area contributed by atoms with E-state index in [1.54, 1.807) is 5.48 Å². The molecule has 0 saturated carbocycles. The van der Waals surface area contributed by atoms with Crippen LogP contribution in [0.4, 0.5) is 0 Å². The van der Waals surface area contributed by atoms with E-state index in [9.17, 15) is 4.79 Å². The average Bonchev–Trinajstić information content (AvgIpc) is 3.27. The summed E-state index contributed by atoms with van der Waals surface area (Å²) in [5.74, 6) is 0.573. The van der Waals surface area contributed by atoms with E-state index in [1.165, 1.54) is 37.1 Å². The molecule has 5 nitrogen and oxygen atoms in total. The van der Waals surface area contributed by atoms with Gasteiger partial charge in [-0.25, -0.2) is 5.48 Å². The second-order valence-corrected chi connectivity index (χ2v) is 7.78. The molecule has 2 N–H and O–H groups in total. The summed E-state index contributed by atoms with van der Waals surface area (Å²) in [6, 6.07) is 16.5. The Balaban J connectivity index is 1.31. The number of rotatable bonds is 11. The molecule has 0 atom stereocenters. The number of carbonyl (C=O) groups excluding carboxylic acids is 1. The first-order valence-corrected chi connectivity index (χ1v) is 10.7. The number of ether oxygens (including phenoxy) is 1. The third-order valence-corrected chi connectivity index (χ3v) is 5.49. The van der Waals surface area contributed by atoms with Crippen molar-refractivity contribution in [1.82, 2.24) is 10.4 Å². The largest absolute Gasteiger partial charge is 0.492 e. The topological polar surface area (TPSA) is 61.8 Å². The lowest BCUT2D eigenvalue weighted by Gasteiger charge is -2.15. The van der Waals surface area contributed by atoms with Crippen LogP contribution in [0.3, 0.4) is 0 Å². The van der Waals surface area contributed by atoms with Crippen molar-refractivity contribution in [3.8, 4) is 5.75 Å². The van der Waals surface area contributed by atoms with E-state index in [0.717, 1.165) is 50.1 Å². The maximum absolute atomic E-state index is 11.2. The summed E-state index contributed by atoms with van der Waals surface area (Å²) in [7, 11) is 0. The lowest BCUT2D eigenvalue weighted by molar-refractivity contribution is -0.128. The van der Waals surface area contributed by atoms with E-state index in [2.05, 4.69) is 41.3 Å². The predicted octanol–water partition coefficient (Wildman–Crippen LogP) is 3.77. The third-order valence-electron chi connectivity index (χ3n) is 5.49. The quantitative estimate of drug-likeness (QED) is 0.345. The molecule has 0 radical (unpaired) electrons. The fraction of sp³-hybridized carbons (Fsp3) is 0.458. The van der Waals surface area contributed by atoms with Gasteiger partial charge in [0.25, 0.3) is 0 Å². The third kappa shape index (κ3) is 7.52. The van der Waals surface area contributed by atoms with Crippen LogP contribution in [0.1, 0.15) is 42.4 Å². The zero-order chi connectivity index (χ0) is 20.3. The molecular formula is C24H32N2O3. The summed E-state index contributed by atoms with van der Waals surface area (Å²) >= 11 is 0. The Bertz CT molecular complexity index is 738. The SMILES string of the molecule is O=C(Cc1ccc(CCCCc2ccc(OCCN3CCCC3)cc2)cc1)NO. The maximum Gasteiger partial charge on any atom is 0.247 e. The highest BCUT2D eigenvalue weighted by atomic mass is 16.5. The Labute approximate surface area is 173 Å². The molecule has 0 bridgehead atoms. The fourth-order valence-corrected chi connectivity index (χ4v) is 3.76. The van der Waals surface area contributed by atoms with Crippen LogP contribution in [0.15, 0.2) is 48.5 Å². The summed E-state index contributed by atoms with van der Waals surface area (Å²) in [5, 5.41) is 8.57. The van der Waals surface area contributed by atoms with E-state index in [0.29, 0.717) is 0 Å². The fourth-order valence-electron chi connectivity index (χ4n) is 3.76. The molecular weight excluding hydrogens is 364 g/mol. The first-order valence-electron chi connectivity index (χ1n) is 10.7. The van der Waals surface area contributed by atoms with E-state index in [4.69, 9.17) is 9.94 Å². The van der Waals surface area contributed by atoms with Crippen LogP contribution in [0.5, 0.6) is 5.75 Å². The normalized spacial score (nSPS) is 14.1. The number of nitrogens with one attached hydrogen (secondary N) is 1. The Kier molecular flexibility index (Phi) is 8.53. The molecule has 1 heterocycles. The van der Waals surface area contributed by atoms with Gasteiger partial charge in [-0.2, -0.15) is 0 Å². The smallest absolute Gasteiger partial charge is 0.247 e. The lowest BCUT2D eigenvalue weighted by atomic mass is 10.0. The van der Waals surface area contributed by atoms with Crippen molar-refractivity contribution in [2.24, 2.45) is 0 Å². The van der Waals surface area contributed by atoms with Crippen LogP contribution in [-0.2, 0) is 24.1 Å². The van der Waals surface area contributed by atoms with Gasteiger partial charge in [0.05, 0.1) is 6.42 Å². The summed E-state index contributed by atoms with van der Waals surface area (Å²) in [6.45, 7) is 4.22. The van der Waals surface area contributed by atoms with E-state index in [1.807, 2.05) is 12.1 Å². The van der Waals surface area contributed by atoms with Crippen LogP contribution in [-0.4, -0.2) is 42.3 Å². The molecule has 3 rings (SSSR count). The molecule has 29 heavy (non-hydrogen) atoms. The monoisotopic (exact) mass is 396 g/mol. The van der Waals surface area contributed by atoms with Gasteiger partial charge in [-0.15, -0.1) is 0 Å². The summed E-state index contributed by atoms with van der Waals surface area (Å²) in [5.41, 5.74) is 5.19. The first-order chi connectivity index (χ1) is 14.2. The van der Waals surface area contributed by atoms with Crippen LogP contribution in [0, 0.1) is 0 Å². The molecule has 1 saturated heterocycles. The van der Waals surface area contributed by atoms with Crippen molar-refractivity contribution >= 4 is 5.91 Å². The molecule has 0 aliphatic carbocycles. The number of amides is 1. The molecule has 1 aliphatic rings. The lowest BCUT2D eigenvalue weighted by Crippen LogP contribution is -2.25. The molecule has 2 aromatic rings. The number of hydrogen-bond donors (Lipinski definition) is 2. The van der Waals surface area contributed by atoms with Crippen LogP contribution < -0.4 is 10.2 Å². The van der Waals surface area contributed by atoms with Gasteiger partial charge in [0, 0.05) is 6.54 Å². The Morgan fingerprint density at radius 1 is 0.897 bits per heavy atom. The minimum Gasteiger partial charge on any atom is -0.492 e. The van der Waals surface area contributed by atoms with Crippen molar-refractivity contribution in [1.29, 1.82) is 0 Å². The number of hydrogen-bond acceptors (Lipinski definition) is 4. The van der Waals surface area contributed by atoms with Gasteiger partial charge < -0.3 is 4.74 Å². The van der Waals surface area contributed by atoms with Crippen LogP contribution in [0.2, 0.25) is 0 Å². The van der Waals surface area contributed by atoms with Crippen LogP contribution in [0.25, 0.3) is 0 Å². The maximum atomic E-state index is 11.2. The number of aryl methyl sites for hydroxylation is 2. The van der Waals surface area contributed by atoms with Gasteiger partial charge in [-0.1, -0.05) is 36.4 Å². The number of likely N-dealkylation sites (tertiary alicyclic amines) is 1. The van der Waals surface area contributed by atoms with Crippen molar-refractivity contribution < 1.29 is 14.7 Å².